The van der Waals surface area contributed by atoms with E-state index in [2.05, 4.69) is 34.3 Å². The number of nitrogens with one attached hydrogen (secondary N) is 2. The second kappa shape index (κ2) is 6.75. The zero-order valence-corrected chi connectivity index (χ0v) is 13.9. The number of nitrogens with zero attached hydrogens (tertiary/aromatic N) is 2. The fraction of sp³-hybridized carbons (Fsp3) is 0.235. The van der Waals surface area contributed by atoms with Crippen LogP contribution in [-0.2, 0) is 6.42 Å². The Kier molecular flexibility index (Phi) is 4.52. The van der Waals surface area contributed by atoms with Gasteiger partial charge in [0.25, 0.3) is 5.91 Å². The van der Waals surface area contributed by atoms with Crippen LogP contribution in [0, 0.1) is 5.92 Å². The predicted molar refractivity (Wildman–Crippen MR) is 92.6 cm³/mol. The number of carbonyl (C=O) groups is 1. The van der Waals surface area contributed by atoms with Crippen LogP contribution in [-0.4, -0.2) is 21.1 Å². The summed E-state index contributed by atoms with van der Waals surface area (Å²) in [5.41, 5.74) is 3.10. The van der Waals surface area contributed by atoms with Crippen LogP contribution in [0.15, 0.2) is 41.9 Å². The van der Waals surface area contributed by atoms with Crippen LogP contribution < -0.4 is 5.32 Å². The van der Waals surface area contributed by atoms with E-state index in [0.29, 0.717) is 11.6 Å². The maximum atomic E-state index is 12.3. The first-order valence-electron chi connectivity index (χ1n) is 7.47. The second-order valence-corrected chi connectivity index (χ2v) is 6.64. The molecule has 0 aliphatic carbocycles. The molecule has 0 aliphatic heterocycles. The molecule has 2 aromatic heterocycles. The summed E-state index contributed by atoms with van der Waals surface area (Å²) in [6.07, 6.45) is 2.64. The molecule has 3 aromatic rings. The van der Waals surface area contributed by atoms with Crippen molar-refractivity contribution >= 4 is 22.9 Å². The van der Waals surface area contributed by atoms with Gasteiger partial charge in [0.15, 0.2) is 5.69 Å². The van der Waals surface area contributed by atoms with Crippen LogP contribution in [0.4, 0.5) is 5.69 Å². The van der Waals surface area contributed by atoms with E-state index in [-0.39, 0.29) is 5.91 Å². The number of hydrogen-bond donors (Lipinski definition) is 2. The molecule has 1 amide bonds. The molecule has 1 aromatic carbocycles. The Labute approximate surface area is 138 Å². The number of rotatable bonds is 5. The highest BCUT2D eigenvalue weighted by molar-refractivity contribution is 7.13. The molecule has 6 heteroatoms. The first-order valence-corrected chi connectivity index (χ1v) is 8.35. The standard InChI is InChI=1S/C17H18N4OS/c1-11(2)8-14-10-15(21-20-14)16(22)19-13-5-3-4-12(9-13)17-18-6-7-23-17/h3-7,9-11H,8H2,1-2H3,(H,19,22)(H,20,21). The van der Waals surface area contributed by atoms with E-state index >= 15 is 0 Å². The molecular formula is C17H18N4OS. The summed E-state index contributed by atoms with van der Waals surface area (Å²) in [5.74, 6) is 0.300. The molecule has 0 radical (unpaired) electrons. The van der Waals surface area contributed by atoms with Crippen molar-refractivity contribution in [1.29, 1.82) is 0 Å². The number of benzene rings is 1. The van der Waals surface area contributed by atoms with Gasteiger partial charge in [-0.15, -0.1) is 11.3 Å². The van der Waals surface area contributed by atoms with Gasteiger partial charge in [0.05, 0.1) is 0 Å². The first-order chi connectivity index (χ1) is 11.1. The van der Waals surface area contributed by atoms with Crippen molar-refractivity contribution in [2.75, 3.05) is 5.32 Å². The third-order valence-electron chi connectivity index (χ3n) is 3.29. The number of amides is 1. The molecule has 0 aliphatic rings. The number of aromatic amines is 1. The topological polar surface area (TPSA) is 70.7 Å². The second-order valence-electron chi connectivity index (χ2n) is 5.75. The van der Waals surface area contributed by atoms with Crippen LogP contribution in [0.2, 0.25) is 0 Å². The maximum Gasteiger partial charge on any atom is 0.276 e. The zero-order valence-electron chi connectivity index (χ0n) is 13.0. The van der Waals surface area contributed by atoms with E-state index < -0.39 is 0 Å². The van der Waals surface area contributed by atoms with Crippen molar-refractivity contribution in [1.82, 2.24) is 15.2 Å². The third kappa shape index (κ3) is 3.84. The Morgan fingerprint density at radius 2 is 2.22 bits per heavy atom. The summed E-state index contributed by atoms with van der Waals surface area (Å²) in [5, 5.41) is 12.8. The lowest BCUT2D eigenvalue weighted by Crippen LogP contribution is -2.12. The monoisotopic (exact) mass is 326 g/mol. The summed E-state index contributed by atoms with van der Waals surface area (Å²) in [6, 6.07) is 9.46. The fourth-order valence-corrected chi connectivity index (χ4v) is 2.95. The molecule has 3 rings (SSSR count). The third-order valence-corrected chi connectivity index (χ3v) is 4.11. The lowest BCUT2D eigenvalue weighted by molar-refractivity contribution is 0.102. The lowest BCUT2D eigenvalue weighted by Gasteiger charge is -2.04. The van der Waals surface area contributed by atoms with Gasteiger partial charge >= 0.3 is 0 Å². The van der Waals surface area contributed by atoms with Gasteiger partial charge < -0.3 is 5.32 Å². The molecule has 0 saturated heterocycles. The average Bonchev–Trinajstić information content (AvgIpc) is 3.18. The summed E-state index contributed by atoms with van der Waals surface area (Å²) in [7, 11) is 0. The highest BCUT2D eigenvalue weighted by Gasteiger charge is 2.12. The van der Waals surface area contributed by atoms with E-state index in [1.54, 1.807) is 23.6 Å². The molecule has 5 nitrogen and oxygen atoms in total. The van der Waals surface area contributed by atoms with Crippen molar-refractivity contribution in [3.05, 3.63) is 53.3 Å². The molecule has 2 heterocycles. The van der Waals surface area contributed by atoms with Crippen LogP contribution >= 0.6 is 11.3 Å². The molecule has 0 bridgehead atoms. The van der Waals surface area contributed by atoms with Crippen molar-refractivity contribution in [3.8, 4) is 10.6 Å². The average molecular weight is 326 g/mol. The maximum absolute atomic E-state index is 12.3. The van der Waals surface area contributed by atoms with E-state index in [1.165, 1.54) is 0 Å². The van der Waals surface area contributed by atoms with E-state index in [9.17, 15) is 4.79 Å². The van der Waals surface area contributed by atoms with Gasteiger partial charge in [-0.2, -0.15) is 5.10 Å². The quantitative estimate of drug-likeness (QED) is 0.745. The van der Waals surface area contributed by atoms with Crippen LogP contribution in [0.1, 0.15) is 30.0 Å². The first kappa shape index (κ1) is 15.4. The smallest absolute Gasteiger partial charge is 0.276 e. The Balaban J connectivity index is 1.73. The van der Waals surface area contributed by atoms with E-state index in [4.69, 9.17) is 0 Å². The molecule has 0 fully saturated rings. The summed E-state index contributed by atoms with van der Waals surface area (Å²) >= 11 is 1.57. The molecule has 0 spiro atoms. The molecule has 0 saturated carbocycles. The van der Waals surface area contributed by atoms with Gasteiger partial charge in [-0.25, -0.2) is 4.98 Å². The number of hydrogen-bond acceptors (Lipinski definition) is 4. The normalized spacial score (nSPS) is 10.9. The largest absolute Gasteiger partial charge is 0.321 e. The molecular weight excluding hydrogens is 308 g/mol. The minimum absolute atomic E-state index is 0.215. The lowest BCUT2D eigenvalue weighted by atomic mass is 10.1. The number of carbonyl (C=O) groups excluding carboxylic acids is 1. The fourth-order valence-electron chi connectivity index (χ4n) is 2.31. The van der Waals surface area contributed by atoms with Crippen LogP contribution in [0.25, 0.3) is 10.6 Å². The molecule has 0 atom stereocenters. The summed E-state index contributed by atoms with van der Waals surface area (Å²) < 4.78 is 0. The number of anilines is 1. The van der Waals surface area contributed by atoms with E-state index in [1.807, 2.05) is 29.6 Å². The Morgan fingerprint density at radius 1 is 1.35 bits per heavy atom. The summed E-state index contributed by atoms with van der Waals surface area (Å²) in [6.45, 7) is 4.26. The Hall–Kier alpha value is -2.47. The molecule has 118 valence electrons. The predicted octanol–water partition coefficient (Wildman–Crippen LogP) is 3.98. The van der Waals surface area contributed by atoms with Gasteiger partial charge in [0.2, 0.25) is 0 Å². The van der Waals surface area contributed by atoms with Gasteiger partial charge in [-0.3, -0.25) is 9.89 Å². The van der Waals surface area contributed by atoms with E-state index in [0.717, 1.165) is 28.4 Å². The van der Waals surface area contributed by atoms with Gasteiger partial charge in [-0.05, 0) is 30.5 Å². The number of thiazole rings is 1. The SMILES string of the molecule is CC(C)Cc1cc(C(=O)Nc2cccc(-c3nccs3)c2)n[nH]1. The number of H-pyrrole nitrogens is 1. The highest BCUT2D eigenvalue weighted by Crippen LogP contribution is 2.24. The minimum atomic E-state index is -0.215. The van der Waals surface area contributed by atoms with Gasteiger partial charge in [-0.1, -0.05) is 26.0 Å². The molecule has 23 heavy (non-hydrogen) atoms. The molecule has 0 unspecified atom stereocenters. The minimum Gasteiger partial charge on any atom is -0.321 e. The molecule has 2 N–H and O–H groups in total. The van der Waals surface area contributed by atoms with Crippen molar-refractivity contribution in [3.63, 3.8) is 0 Å². The summed E-state index contributed by atoms with van der Waals surface area (Å²) in [4.78, 5) is 16.6. The van der Waals surface area contributed by atoms with Crippen LogP contribution in [0.5, 0.6) is 0 Å². The Morgan fingerprint density at radius 3 is 2.96 bits per heavy atom. The van der Waals surface area contributed by atoms with Crippen LogP contribution in [0.3, 0.4) is 0 Å². The van der Waals surface area contributed by atoms with Gasteiger partial charge in [0, 0.05) is 28.5 Å². The van der Waals surface area contributed by atoms with Crippen molar-refractivity contribution < 1.29 is 4.79 Å². The Bertz CT molecular complexity index is 793. The van der Waals surface area contributed by atoms with Gasteiger partial charge in [0.1, 0.15) is 5.01 Å². The zero-order chi connectivity index (χ0) is 16.2. The highest BCUT2D eigenvalue weighted by atomic mass is 32.1. The van der Waals surface area contributed by atoms with Crippen molar-refractivity contribution in [2.24, 2.45) is 5.92 Å². The number of aromatic nitrogens is 3. The van der Waals surface area contributed by atoms with Crippen molar-refractivity contribution in [2.45, 2.75) is 20.3 Å².